The van der Waals surface area contributed by atoms with Gasteiger partial charge in [0.25, 0.3) is 0 Å². The van der Waals surface area contributed by atoms with Gasteiger partial charge in [0.05, 0.1) is 22.7 Å². The smallest absolute Gasteiger partial charge is 0.237 e. The fraction of sp³-hybridized carbons (Fsp3) is 0.0833. The topological polar surface area (TPSA) is 61.3 Å². The molecule has 0 saturated carbocycles. The number of aromatic nitrogens is 1. The number of nitrogens with zero attached hydrogens (tertiary/aromatic N) is 1. The van der Waals surface area contributed by atoms with Crippen LogP contribution in [0.5, 0.6) is 5.75 Å². The van der Waals surface area contributed by atoms with Crippen LogP contribution in [0.15, 0.2) is 28.0 Å². The first-order valence-corrected chi connectivity index (χ1v) is 6.41. The maximum Gasteiger partial charge on any atom is 0.237 e. The molecular formula is C12H9ClN2O2S. The Morgan fingerprint density at radius 2 is 2.22 bits per heavy atom. The molecule has 1 aromatic carbocycles. The third-order valence-electron chi connectivity index (χ3n) is 2.53. The van der Waals surface area contributed by atoms with E-state index >= 15 is 0 Å². The lowest BCUT2D eigenvalue weighted by Crippen LogP contribution is -1.84. The number of rotatable bonds is 2. The molecule has 6 heteroatoms. The third-order valence-corrected chi connectivity index (χ3v) is 3.75. The molecule has 0 bridgehead atoms. The van der Waals surface area contributed by atoms with E-state index in [2.05, 4.69) is 4.98 Å². The molecule has 2 aromatic heterocycles. The number of methoxy groups -OCH3 is 1. The Balaban J connectivity index is 2.13. The molecule has 0 radical (unpaired) electrons. The highest BCUT2D eigenvalue weighted by molar-refractivity contribution is 7.13. The van der Waals surface area contributed by atoms with Crippen molar-refractivity contribution in [1.82, 2.24) is 4.98 Å². The Hall–Kier alpha value is -1.72. The molecule has 3 aromatic rings. The standard InChI is InChI=1S/C12H9ClN2O2S/c1-16-6-2-11(18-5-6)12-15-9-3-7(13)8(14)4-10(9)17-12/h2-5H,14H2,1H3. The van der Waals surface area contributed by atoms with E-state index in [4.69, 9.17) is 26.5 Å². The number of fused-ring (bicyclic) bond motifs is 1. The summed E-state index contributed by atoms with van der Waals surface area (Å²) in [6.45, 7) is 0. The van der Waals surface area contributed by atoms with Crippen LogP contribution in [0.1, 0.15) is 0 Å². The minimum atomic E-state index is 0.478. The molecule has 2 heterocycles. The fourth-order valence-electron chi connectivity index (χ4n) is 1.61. The summed E-state index contributed by atoms with van der Waals surface area (Å²) in [6.07, 6.45) is 0. The number of halogens is 1. The molecule has 18 heavy (non-hydrogen) atoms. The number of nitrogen functional groups attached to an aromatic ring is 1. The van der Waals surface area contributed by atoms with Gasteiger partial charge in [0.1, 0.15) is 11.3 Å². The number of thiophene rings is 1. The van der Waals surface area contributed by atoms with E-state index in [0.717, 1.165) is 10.6 Å². The second-order valence-electron chi connectivity index (χ2n) is 3.71. The van der Waals surface area contributed by atoms with Crippen molar-refractivity contribution in [3.8, 4) is 16.5 Å². The minimum Gasteiger partial charge on any atom is -0.496 e. The Morgan fingerprint density at radius 3 is 2.94 bits per heavy atom. The maximum atomic E-state index is 5.95. The van der Waals surface area contributed by atoms with Crippen molar-refractivity contribution in [2.45, 2.75) is 0 Å². The lowest BCUT2D eigenvalue weighted by atomic mass is 10.3. The molecule has 0 spiro atoms. The maximum absolute atomic E-state index is 5.95. The zero-order chi connectivity index (χ0) is 12.7. The van der Waals surface area contributed by atoms with Crippen molar-refractivity contribution >= 4 is 39.7 Å². The van der Waals surface area contributed by atoms with Crippen molar-refractivity contribution < 1.29 is 9.15 Å². The Kier molecular flexibility index (Phi) is 2.65. The van der Waals surface area contributed by atoms with Crippen molar-refractivity contribution in [3.63, 3.8) is 0 Å². The lowest BCUT2D eigenvalue weighted by molar-refractivity contribution is 0.416. The molecule has 0 fully saturated rings. The number of oxazole rings is 1. The highest BCUT2D eigenvalue weighted by Gasteiger charge is 2.12. The van der Waals surface area contributed by atoms with E-state index in [1.54, 1.807) is 19.2 Å². The van der Waals surface area contributed by atoms with E-state index in [0.29, 0.717) is 27.7 Å². The molecular weight excluding hydrogens is 272 g/mol. The quantitative estimate of drug-likeness (QED) is 0.725. The molecule has 3 rings (SSSR count). The largest absolute Gasteiger partial charge is 0.496 e. The average Bonchev–Trinajstić information content (AvgIpc) is 2.95. The zero-order valence-corrected chi connectivity index (χ0v) is 11.0. The average molecular weight is 281 g/mol. The van der Waals surface area contributed by atoms with E-state index < -0.39 is 0 Å². The first-order chi connectivity index (χ1) is 8.67. The van der Waals surface area contributed by atoms with E-state index in [9.17, 15) is 0 Å². The minimum absolute atomic E-state index is 0.478. The zero-order valence-electron chi connectivity index (χ0n) is 9.44. The summed E-state index contributed by atoms with van der Waals surface area (Å²) in [7, 11) is 1.62. The van der Waals surface area contributed by atoms with Gasteiger partial charge in [0.15, 0.2) is 5.58 Å². The molecule has 0 saturated heterocycles. The molecule has 4 nitrogen and oxygen atoms in total. The summed E-state index contributed by atoms with van der Waals surface area (Å²) in [6, 6.07) is 5.25. The number of nitrogens with two attached hydrogens (primary N) is 1. The van der Waals surface area contributed by atoms with Crippen LogP contribution < -0.4 is 10.5 Å². The van der Waals surface area contributed by atoms with Gasteiger partial charge in [-0.15, -0.1) is 11.3 Å². The first-order valence-electron chi connectivity index (χ1n) is 5.16. The van der Waals surface area contributed by atoms with Crippen molar-refractivity contribution in [1.29, 1.82) is 0 Å². The van der Waals surface area contributed by atoms with Crippen LogP contribution in [0.2, 0.25) is 5.02 Å². The lowest BCUT2D eigenvalue weighted by Gasteiger charge is -1.94. The highest BCUT2D eigenvalue weighted by Crippen LogP contribution is 2.34. The normalized spacial score (nSPS) is 11.0. The molecule has 0 amide bonds. The van der Waals surface area contributed by atoms with Gasteiger partial charge in [0.2, 0.25) is 5.89 Å². The number of hydrogen-bond acceptors (Lipinski definition) is 5. The summed E-state index contributed by atoms with van der Waals surface area (Å²) < 4.78 is 10.8. The van der Waals surface area contributed by atoms with Crippen LogP contribution in [0.4, 0.5) is 5.69 Å². The first kappa shape index (κ1) is 11.4. The van der Waals surface area contributed by atoms with Crippen LogP contribution in [0, 0.1) is 0 Å². The van der Waals surface area contributed by atoms with Crippen molar-refractivity contribution in [2.24, 2.45) is 0 Å². The summed E-state index contributed by atoms with van der Waals surface area (Å²) in [5, 5.41) is 2.37. The molecule has 0 unspecified atom stereocenters. The van der Waals surface area contributed by atoms with Gasteiger partial charge in [-0.1, -0.05) is 11.6 Å². The predicted molar refractivity (Wildman–Crippen MR) is 73.3 cm³/mol. The summed E-state index contributed by atoms with van der Waals surface area (Å²) >= 11 is 7.45. The van der Waals surface area contributed by atoms with Gasteiger partial charge >= 0.3 is 0 Å². The van der Waals surface area contributed by atoms with Gasteiger partial charge in [-0.25, -0.2) is 4.98 Å². The molecule has 0 atom stereocenters. The number of hydrogen-bond donors (Lipinski definition) is 1. The third kappa shape index (κ3) is 1.81. The fourth-order valence-corrected chi connectivity index (χ4v) is 2.55. The Bertz CT molecular complexity index is 681. The van der Waals surface area contributed by atoms with Crippen LogP contribution in [0.25, 0.3) is 21.9 Å². The predicted octanol–water partition coefficient (Wildman–Crippen LogP) is 3.80. The van der Waals surface area contributed by atoms with Gasteiger partial charge in [-0.05, 0) is 6.07 Å². The summed E-state index contributed by atoms with van der Waals surface area (Å²) in [5.41, 5.74) is 7.52. The molecule has 0 aliphatic carbocycles. The molecule has 2 N–H and O–H groups in total. The van der Waals surface area contributed by atoms with Crippen LogP contribution >= 0.6 is 22.9 Å². The van der Waals surface area contributed by atoms with E-state index in [1.165, 1.54) is 11.3 Å². The van der Waals surface area contributed by atoms with Crippen LogP contribution in [0.3, 0.4) is 0 Å². The molecule has 92 valence electrons. The Morgan fingerprint density at radius 1 is 1.39 bits per heavy atom. The van der Waals surface area contributed by atoms with E-state index in [-0.39, 0.29) is 0 Å². The number of benzene rings is 1. The van der Waals surface area contributed by atoms with E-state index in [1.807, 2.05) is 11.4 Å². The summed E-state index contributed by atoms with van der Waals surface area (Å²) in [5.74, 6) is 1.33. The monoisotopic (exact) mass is 280 g/mol. The molecule has 0 aliphatic rings. The second kappa shape index (κ2) is 4.19. The van der Waals surface area contributed by atoms with Crippen LogP contribution in [-0.2, 0) is 0 Å². The summed E-state index contributed by atoms with van der Waals surface area (Å²) in [4.78, 5) is 5.28. The van der Waals surface area contributed by atoms with Gasteiger partial charge in [-0.2, -0.15) is 0 Å². The van der Waals surface area contributed by atoms with Crippen molar-refractivity contribution in [2.75, 3.05) is 12.8 Å². The second-order valence-corrected chi connectivity index (χ2v) is 5.03. The van der Waals surface area contributed by atoms with Gasteiger partial charge < -0.3 is 14.9 Å². The Labute approximate surface area is 112 Å². The number of anilines is 1. The van der Waals surface area contributed by atoms with Crippen molar-refractivity contribution in [3.05, 3.63) is 28.6 Å². The molecule has 0 aliphatic heterocycles. The van der Waals surface area contributed by atoms with Gasteiger partial charge in [0, 0.05) is 17.5 Å². The SMILES string of the molecule is COc1csc(-c2nc3cc(Cl)c(N)cc3o2)c1. The van der Waals surface area contributed by atoms with Gasteiger partial charge in [-0.3, -0.25) is 0 Å². The van der Waals surface area contributed by atoms with Crippen LogP contribution in [-0.4, -0.2) is 12.1 Å². The highest BCUT2D eigenvalue weighted by atomic mass is 35.5. The number of ether oxygens (including phenoxy) is 1.